The van der Waals surface area contributed by atoms with Crippen molar-refractivity contribution in [2.24, 2.45) is 0 Å². The number of amides is 1. The minimum absolute atomic E-state index is 0.0683. The maximum Gasteiger partial charge on any atom is 0.221 e. The zero-order valence-corrected chi connectivity index (χ0v) is 11.5. The normalized spacial score (nSPS) is 10.3. The lowest BCUT2D eigenvalue weighted by atomic mass is 10.3. The molecule has 0 aliphatic heterocycles. The molecular formula is C13H13NO2S2. The molecule has 0 radical (unpaired) electrons. The van der Waals surface area contributed by atoms with Crippen LogP contribution in [0.5, 0.6) is 0 Å². The molecule has 0 spiro atoms. The molecule has 1 heterocycles. The Morgan fingerprint density at radius 1 is 1.28 bits per heavy atom. The summed E-state index contributed by atoms with van der Waals surface area (Å²) in [4.78, 5) is 13.0. The highest BCUT2D eigenvalue weighted by Gasteiger charge is 2.02. The molecule has 0 aliphatic rings. The van der Waals surface area contributed by atoms with Crippen LogP contribution in [0.2, 0.25) is 0 Å². The third kappa shape index (κ3) is 3.60. The van der Waals surface area contributed by atoms with Crippen molar-refractivity contribution in [2.45, 2.75) is 22.6 Å². The van der Waals surface area contributed by atoms with Crippen LogP contribution in [0.1, 0.15) is 11.8 Å². The Labute approximate surface area is 114 Å². The van der Waals surface area contributed by atoms with Gasteiger partial charge in [-0.3, -0.25) is 4.79 Å². The van der Waals surface area contributed by atoms with Gasteiger partial charge in [0.1, 0.15) is 0 Å². The van der Waals surface area contributed by atoms with Crippen molar-refractivity contribution in [2.75, 3.05) is 5.32 Å². The third-order valence-corrected chi connectivity index (χ3v) is 4.40. The van der Waals surface area contributed by atoms with E-state index in [9.17, 15) is 4.79 Å². The summed E-state index contributed by atoms with van der Waals surface area (Å²) in [5, 5.41) is 11.7. The molecule has 2 N–H and O–H groups in total. The van der Waals surface area contributed by atoms with Gasteiger partial charge in [-0.05, 0) is 36.4 Å². The molecule has 2 rings (SSSR count). The van der Waals surface area contributed by atoms with Crippen molar-refractivity contribution in [1.82, 2.24) is 0 Å². The van der Waals surface area contributed by atoms with Crippen molar-refractivity contribution in [3.8, 4) is 0 Å². The molecule has 0 aliphatic carbocycles. The second-order valence-corrected chi connectivity index (χ2v) is 6.23. The number of anilines is 1. The summed E-state index contributed by atoms with van der Waals surface area (Å²) < 4.78 is 1.14. The molecule has 0 unspecified atom stereocenters. The zero-order chi connectivity index (χ0) is 13.0. The van der Waals surface area contributed by atoms with E-state index in [-0.39, 0.29) is 12.5 Å². The Bertz CT molecular complexity index is 534. The molecule has 5 heteroatoms. The first kappa shape index (κ1) is 13.1. The van der Waals surface area contributed by atoms with E-state index in [4.69, 9.17) is 5.11 Å². The van der Waals surface area contributed by atoms with Crippen LogP contribution >= 0.6 is 23.1 Å². The van der Waals surface area contributed by atoms with Crippen LogP contribution in [-0.2, 0) is 11.4 Å². The molecule has 18 heavy (non-hydrogen) atoms. The van der Waals surface area contributed by atoms with E-state index in [1.54, 1.807) is 23.1 Å². The average molecular weight is 279 g/mol. The Morgan fingerprint density at radius 2 is 2.00 bits per heavy atom. The van der Waals surface area contributed by atoms with Gasteiger partial charge in [-0.25, -0.2) is 0 Å². The summed E-state index contributed by atoms with van der Waals surface area (Å²) in [6, 6.07) is 11.6. The molecule has 0 bridgehead atoms. The van der Waals surface area contributed by atoms with E-state index in [2.05, 4.69) is 5.32 Å². The molecule has 1 aromatic carbocycles. The van der Waals surface area contributed by atoms with Crippen LogP contribution in [0, 0.1) is 0 Å². The first-order valence-corrected chi connectivity index (χ1v) is 7.06. The van der Waals surface area contributed by atoms with Crippen LogP contribution in [0.15, 0.2) is 45.5 Å². The summed E-state index contributed by atoms with van der Waals surface area (Å²) in [7, 11) is 0. The number of carbonyl (C=O) groups is 1. The first-order chi connectivity index (χ1) is 8.67. The fourth-order valence-electron chi connectivity index (χ4n) is 1.42. The van der Waals surface area contributed by atoms with Crippen molar-refractivity contribution < 1.29 is 9.90 Å². The standard InChI is InChI=1S/C13H13NO2S2/c1-9(16)14-10-2-4-11(5-3-10)17-13-7-6-12(8-15)18-13/h2-7,15H,8H2,1H3,(H,14,16). The van der Waals surface area contributed by atoms with E-state index in [0.29, 0.717) is 0 Å². The quantitative estimate of drug-likeness (QED) is 0.902. The lowest BCUT2D eigenvalue weighted by Crippen LogP contribution is -2.05. The topological polar surface area (TPSA) is 49.3 Å². The monoisotopic (exact) mass is 279 g/mol. The van der Waals surface area contributed by atoms with E-state index in [0.717, 1.165) is 19.7 Å². The zero-order valence-electron chi connectivity index (χ0n) is 9.84. The number of hydrogen-bond donors (Lipinski definition) is 2. The Morgan fingerprint density at radius 3 is 2.56 bits per heavy atom. The van der Waals surface area contributed by atoms with E-state index < -0.39 is 0 Å². The van der Waals surface area contributed by atoms with Gasteiger partial charge in [0.2, 0.25) is 5.91 Å². The molecule has 0 saturated carbocycles. The van der Waals surface area contributed by atoms with Crippen molar-refractivity contribution in [1.29, 1.82) is 0 Å². The number of aliphatic hydroxyl groups excluding tert-OH is 1. The Kier molecular flexibility index (Phi) is 4.41. The molecule has 94 valence electrons. The number of benzene rings is 1. The minimum Gasteiger partial charge on any atom is -0.391 e. The molecule has 2 aromatic rings. The van der Waals surface area contributed by atoms with Gasteiger partial charge >= 0.3 is 0 Å². The fourth-order valence-corrected chi connectivity index (χ4v) is 3.44. The maximum atomic E-state index is 10.9. The second-order valence-electron chi connectivity index (χ2n) is 3.69. The summed E-state index contributed by atoms with van der Waals surface area (Å²) in [6.07, 6.45) is 0. The fraction of sp³-hybridized carbons (Fsp3) is 0.154. The number of carbonyl (C=O) groups excluding carboxylic acids is 1. The molecule has 3 nitrogen and oxygen atoms in total. The number of thiophene rings is 1. The number of hydrogen-bond acceptors (Lipinski definition) is 4. The number of rotatable bonds is 4. The highest BCUT2D eigenvalue weighted by atomic mass is 32.2. The maximum absolute atomic E-state index is 10.9. The van der Waals surface area contributed by atoms with Gasteiger partial charge in [-0.15, -0.1) is 11.3 Å². The first-order valence-electron chi connectivity index (χ1n) is 5.42. The number of aliphatic hydroxyl groups is 1. The van der Waals surface area contributed by atoms with Gasteiger partial charge in [0, 0.05) is 22.4 Å². The molecule has 0 fully saturated rings. The summed E-state index contributed by atoms with van der Waals surface area (Å²) in [6.45, 7) is 1.58. The molecule has 0 atom stereocenters. The van der Waals surface area contributed by atoms with E-state index in [1.165, 1.54) is 6.92 Å². The predicted octanol–water partition coefficient (Wildman–Crippen LogP) is 3.35. The van der Waals surface area contributed by atoms with E-state index in [1.807, 2.05) is 36.4 Å². The van der Waals surface area contributed by atoms with Crippen LogP contribution in [0.4, 0.5) is 5.69 Å². The van der Waals surface area contributed by atoms with Gasteiger partial charge in [-0.2, -0.15) is 0 Å². The van der Waals surface area contributed by atoms with E-state index >= 15 is 0 Å². The van der Waals surface area contributed by atoms with Gasteiger partial charge < -0.3 is 10.4 Å². The largest absolute Gasteiger partial charge is 0.391 e. The summed E-state index contributed by atoms with van der Waals surface area (Å²) in [5.41, 5.74) is 0.800. The Hall–Kier alpha value is -1.30. The smallest absolute Gasteiger partial charge is 0.221 e. The van der Waals surface area contributed by atoms with Gasteiger partial charge in [0.15, 0.2) is 0 Å². The second kappa shape index (κ2) is 6.04. The van der Waals surface area contributed by atoms with Crippen molar-refractivity contribution in [3.63, 3.8) is 0 Å². The van der Waals surface area contributed by atoms with Crippen LogP contribution < -0.4 is 5.32 Å². The molecular weight excluding hydrogens is 266 g/mol. The Balaban J connectivity index is 2.03. The highest BCUT2D eigenvalue weighted by Crippen LogP contribution is 2.33. The lowest BCUT2D eigenvalue weighted by Gasteiger charge is -2.03. The average Bonchev–Trinajstić information content (AvgIpc) is 2.79. The van der Waals surface area contributed by atoms with Crippen LogP contribution in [-0.4, -0.2) is 11.0 Å². The van der Waals surface area contributed by atoms with Crippen LogP contribution in [0.25, 0.3) is 0 Å². The van der Waals surface area contributed by atoms with Gasteiger partial charge in [0.25, 0.3) is 0 Å². The molecule has 1 amide bonds. The molecule has 0 saturated heterocycles. The van der Waals surface area contributed by atoms with Gasteiger partial charge in [0.05, 0.1) is 10.8 Å². The molecule has 1 aromatic heterocycles. The third-order valence-electron chi connectivity index (χ3n) is 2.19. The van der Waals surface area contributed by atoms with Crippen molar-refractivity contribution >= 4 is 34.7 Å². The van der Waals surface area contributed by atoms with Crippen LogP contribution in [0.3, 0.4) is 0 Å². The van der Waals surface area contributed by atoms with Gasteiger partial charge in [-0.1, -0.05) is 11.8 Å². The number of nitrogens with one attached hydrogen (secondary N) is 1. The highest BCUT2D eigenvalue weighted by molar-refractivity contribution is 8.01. The predicted molar refractivity (Wildman–Crippen MR) is 75.1 cm³/mol. The summed E-state index contributed by atoms with van der Waals surface area (Å²) in [5.74, 6) is -0.0683. The SMILES string of the molecule is CC(=O)Nc1ccc(Sc2ccc(CO)s2)cc1. The summed E-state index contributed by atoms with van der Waals surface area (Å²) >= 11 is 3.23. The lowest BCUT2D eigenvalue weighted by molar-refractivity contribution is -0.114. The van der Waals surface area contributed by atoms with Crippen molar-refractivity contribution in [3.05, 3.63) is 41.3 Å². The minimum atomic E-state index is -0.0683.